The van der Waals surface area contributed by atoms with Gasteiger partial charge in [-0.25, -0.2) is 12.7 Å². The molecule has 0 radical (unpaired) electrons. The Morgan fingerprint density at radius 3 is 2.24 bits per heavy atom. The molecule has 0 aromatic heterocycles. The second-order valence-corrected chi connectivity index (χ2v) is 11.6. The standard InChI is InChI=1S/C24H28ClN3O5S/c1-24(2,14-15-8-6-5-7-9-15)12-13-26-18-19(22(31)21(18)30)27-17-11-10-16(25)23(20(17)29)34(32,33)28(3)4/h5-11,26-27,29H,12-14H2,1-4H3. The van der Waals surface area contributed by atoms with Crippen LogP contribution >= 0.6 is 11.6 Å². The molecule has 3 rings (SSSR count). The summed E-state index contributed by atoms with van der Waals surface area (Å²) in [6, 6.07) is 12.7. The Balaban J connectivity index is 1.76. The van der Waals surface area contributed by atoms with E-state index >= 15 is 0 Å². The third kappa shape index (κ3) is 5.27. The Kier molecular flexibility index (Phi) is 7.40. The van der Waals surface area contributed by atoms with E-state index in [1.807, 2.05) is 18.2 Å². The fraction of sp³-hybridized carbons (Fsp3) is 0.333. The van der Waals surface area contributed by atoms with Crippen molar-refractivity contribution in [2.75, 3.05) is 31.3 Å². The number of nitrogens with zero attached hydrogens (tertiary/aromatic N) is 1. The molecular formula is C24H28ClN3O5S. The van der Waals surface area contributed by atoms with Crippen LogP contribution in [0.2, 0.25) is 5.02 Å². The van der Waals surface area contributed by atoms with Gasteiger partial charge in [0.25, 0.3) is 10.9 Å². The molecule has 3 N–H and O–H groups in total. The van der Waals surface area contributed by atoms with Gasteiger partial charge in [-0.05, 0) is 36.0 Å². The van der Waals surface area contributed by atoms with Gasteiger partial charge in [0.1, 0.15) is 16.3 Å². The predicted molar refractivity (Wildman–Crippen MR) is 136 cm³/mol. The molecule has 8 nitrogen and oxygen atoms in total. The number of phenolic OH excluding ortho intramolecular Hbond substituents is 1. The average Bonchev–Trinajstić information content (AvgIpc) is 2.76. The summed E-state index contributed by atoms with van der Waals surface area (Å²) >= 11 is 6.03. The molecule has 0 spiro atoms. The monoisotopic (exact) mass is 505 g/mol. The van der Waals surface area contributed by atoms with E-state index < -0.39 is 31.5 Å². The summed E-state index contributed by atoms with van der Waals surface area (Å²) in [5.41, 5.74) is -0.239. The molecule has 0 amide bonds. The van der Waals surface area contributed by atoms with Crippen molar-refractivity contribution in [1.82, 2.24) is 4.31 Å². The number of anilines is 3. The largest absolute Gasteiger partial charge is 0.504 e. The average molecular weight is 506 g/mol. The van der Waals surface area contributed by atoms with E-state index in [0.717, 1.165) is 17.1 Å². The van der Waals surface area contributed by atoms with E-state index in [2.05, 4.69) is 36.6 Å². The summed E-state index contributed by atoms with van der Waals surface area (Å²) < 4.78 is 26.0. The molecule has 10 heteroatoms. The Labute approximate surface area is 203 Å². The lowest BCUT2D eigenvalue weighted by Gasteiger charge is -2.25. The number of phenols is 1. The number of halogens is 1. The minimum Gasteiger partial charge on any atom is -0.504 e. The van der Waals surface area contributed by atoms with Crippen molar-refractivity contribution in [2.24, 2.45) is 5.41 Å². The lowest BCUT2D eigenvalue weighted by atomic mass is 9.82. The van der Waals surface area contributed by atoms with Crippen molar-refractivity contribution in [1.29, 1.82) is 0 Å². The molecule has 0 heterocycles. The molecule has 0 atom stereocenters. The van der Waals surface area contributed by atoms with Crippen LogP contribution < -0.4 is 21.5 Å². The fourth-order valence-electron chi connectivity index (χ4n) is 3.65. The fourth-order valence-corrected chi connectivity index (χ4v) is 5.13. The first-order valence-electron chi connectivity index (χ1n) is 10.7. The number of rotatable bonds is 10. The highest BCUT2D eigenvalue weighted by atomic mass is 35.5. The minimum atomic E-state index is -4.05. The number of nitrogens with one attached hydrogen (secondary N) is 2. The van der Waals surface area contributed by atoms with Crippen LogP contribution in [0.1, 0.15) is 25.8 Å². The molecule has 0 aliphatic heterocycles. The van der Waals surface area contributed by atoms with Gasteiger partial charge >= 0.3 is 0 Å². The van der Waals surface area contributed by atoms with Gasteiger partial charge in [0.2, 0.25) is 10.0 Å². The van der Waals surface area contributed by atoms with Gasteiger partial charge in [0.15, 0.2) is 5.75 Å². The summed E-state index contributed by atoms with van der Waals surface area (Å²) in [6.07, 6.45) is 1.59. The number of benzene rings is 2. The molecule has 182 valence electrons. The highest BCUT2D eigenvalue weighted by Crippen LogP contribution is 2.39. The van der Waals surface area contributed by atoms with Crippen LogP contribution in [-0.2, 0) is 16.4 Å². The summed E-state index contributed by atoms with van der Waals surface area (Å²) in [6.45, 7) is 4.70. The number of aromatic hydroxyl groups is 1. The minimum absolute atomic E-state index is 0.0308. The van der Waals surface area contributed by atoms with E-state index in [4.69, 9.17) is 11.6 Å². The van der Waals surface area contributed by atoms with Crippen molar-refractivity contribution in [2.45, 2.75) is 31.6 Å². The van der Waals surface area contributed by atoms with E-state index in [0.29, 0.717) is 6.54 Å². The molecule has 0 aliphatic rings. The Morgan fingerprint density at radius 1 is 1.00 bits per heavy atom. The number of sulfonamides is 1. The third-order valence-electron chi connectivity index (χ3n) is 5.62. The maximum Gasteiger partial charge on any atom is 0.253 e. The van der Waals surface area contributed by atoms with Gasteiger partial charge in [-0.2, -0.15) is 0 Å². The first-order valence-corrected chi connectivity index (χ1v) is 12.5. The van der Waals surface area contributed by atoms with Gasteiger partial charge in [0.05, 0.1) is 10.7 Å². The SMILES string of the molecule is CN(C)S(=O)(=O)c1c(Cl)ccc(Nc2c(NCCC(C)(C)Cc3ccccc3)c(=O)c2=O)c1O. The normalized spacial score (nSPS) is 12.3. The van der Waals surface area contributed by atoms with Crippen LogP contribution in [0.3, 0.4) is 0 Å². The lowest BCUT2D eigenvalue weighted by Crippen LogP contribution is -2.37. The number of hydrogen-bond acceptors (Lipinski definition) is 7. The highest BCUT2D eigenvalue weighted by molar-refractivity contribution is 7.89. The lowest BCUT2D eigenvalue weighted by molar-refractivity contribution is 0.343. The summed E-state index contributed by atoms with van der Waals surface area (Å²) in [5.74, 6) is -0.635. The smallest absolute Gasteiger partial charge is 0.253 e. The Bertz CT molecular complexity index is 1360. The van der Waals surface area contributed by atoms with Crippen LogP contribution in [-0.4, -0.2) is 38.5 Å². The van der Waals surface area contributed by atoms with E-state index in [-0.39, 0.29) is 27.5 Å². The zero-order valence-electron chi connectivity index (χ0n) is 19.5. The van der Waals surface area contributed by atoms with E-state index in [1.54, 1.807) is 0 Å². The van der Waals surface area contributed by atoms with Gasteiger partial charge in [0, 0.05) is 20.6 Å². The maximum absolute atomic E-state index is 12.6. The molecule has 0 unspecified atom stereocenters. The van der Waals surface area contributed by atoms with Crippen LogP contribution in [0.5, 0.6) is 5.75 Å². The molecular weight excluding hydrogens is 478 g/mol. The molecule has 0 fully saturated rings. The molecule has 0 aliphatic carbocycles. The number of hydrogen-bond donors (Lipinski definition) is 3. The van der Waals surface area contributed by atoms with Crippen molar-refractivity contribution >= 4 is 38.7 Å². The summed E-state index contributed by atoms with van der Waals surface area (Å²) in [4.78, 5) is 23.9. The Morgan fingerprint density at radius 2 is 1.62 bits per heavy atom. The van der Waals surface area contributed by atoms with E-state index in [9.17, 15) is 23.1 Å². The van der Waals surface area contributed by atoms with Gasteiger partial charge in [-0.3, -0.25) is 9.59 Å². The highest BCUT2D eigenvalue weighted by Gasteiger charge is 2.29. The van der Waals surface area contributed by atoms with Crippen LogP contribution in [0.15, 0.2) is 56.9 Å². The van der Waals surface area contributed by atoms with Crippen molar-refractivity contribution in [3.05, 3.63) is 73.5 Å². The predicted octanol–water partition coefficient (Wildman–Crippen LogP) is 3.71. The molecule has 0 saturated carbocycles. The maximum atomic E-state index is 12.6. The molecule has 34 heavy (non-hydrogen) atoms. The Hall–Kier alpha value is -2.88. The second-order valence-electron chi connectivity index (χ2n) is 9.10. The topological polar surface area (TPSA) is 116 Å². The molecule has 0 bridgehead atoms. The molecule has 3 aromatic rings. The van der Waals surface area contributed by atoms with Crippen LogP contribution in [0.4, 0.5) is 17.1 Å². The van der Waals surface area contributed by atoms with Gasteiger partial charge in [-0.15, -0.1) is 0 Å². The van der Waals surface area contributed by atoms with Gasteiger partial charge < -0.3 is 15.7 Å². The summed E-state index contributed by atoms with van der Waals surface area (Å²) in [7, 11) is -1.43. The van der Waals surface area contributed by atoms with Crippen molar-refractivity contribution in [3.63, 3.8) is 0 Å². The van der Waals surface area contributed by atoms with Crippen molar-refractivity contribution < 1.29 is 13.5 Å². The second kappa shape index (κ2) is 9.77. The van der Waals surface area contributed by atoms with E-state index in [1.165, 1.54) is 31.8 Å². The first-order chi connectivity index (χ1) is 15.8. The van der Waals surface area contributed by atoms with Crippen molar-refractivity contribution in [3.8, 4) is 5.75 Å². The molecule has 3 aromatic carbocycles. The van der Waals surface area contributed by atoms with Crippen LogP contribution in [0.25, 0.3) is 0 Å². The zero-order valence-corrected chi connectivity index (χ0v) is 21.0. The zero-order chi connectivity index (χ0) is 25.3. The van der Waals surface area contributed by atoms with Crippen LogP contribution in [0, 0.1) is 5.41 Å². The summed E-state index contributed by atoms with van der Waals surface area (Å²) in [5, 5.41) is 16.1. The first kappa shape index (κ1) is 25.7. The van der Waals surface area contributed by atoms with Gasteiger partial charge in [-0.1, -0.05) is 55.8 Å². The molecule has 0 saturated heterocycles. The third-order valence-corrected chi connectivity index (χ3v) is 7.94. The quantitative estimate of drug-likeness (QED) is 0.284.